The van der Waals surface area contributed by atoms with Crippen molar-refractivity contribution in [2.45, 2.75) is 25.7 Å². The van der Waals surface area contributed by atoms with Crippen LogP contribution in [0.15, 0.2) is 11.6 Å². The predicted octanol–water partition coefficient (Wildman–Crippen LogP) is 1.81. The van der Waals surface area contributed by atoms with Crippen molar-refractivity contribution in [3.8, 4) is 0 Å². The van der Waals surface area contributed by atoms with Crippen molar-refractivity contribution in [2.24, 2.45) is 0 Å². The molecular formula is C8H12CrO. The van der Waals surface area contributed by atoms with E-state index in [4.69, 9.17) is 4.74 Å². The van der Waals surface area contributed by atoms with Gasteiger partial charge in [0.2, 0.25) is 0 Å². The third-order valence-electron chi connectivity index (χ3n) is 1.74. The number of hydrogen-bond donors (Lipinski definition) is 0. The zero-order valence-corrected chi connectivity index (χ0v) is 7.50. The summed E-state index contributed by atoms with van der Waals surface area (Å²) in [4.78, 5) is 0. The van der Waals surface area contributed by atoms with Crippen LogP contribution in [0.2, 0.25) is 0 Å². The first-order valence-electron chi connectivity index (χ1n) is 3.62. The van der Waals surface area contributed by atoms with Crippen molar-refractivity contribution < 1.29 is 20.6 Å². The van der Waals surface area contributed by atoms with E-state index in [0.717, 1.165) is 4.57 Å². The van der Waals surface area contributed by atoms with E-state index in [1.807, 2.05) is 0 Å². The van der Waals surface area contributed by atoms with Crippen LogP contribution in [0.25, 0.3) is 0 Å². The van der Waals surface area contributed by atoms with Gasteiger partial charge in [0.05, 0.1) is 0 Å². The van der Waals surface area contributed by atoms with Crippen LogP contribution in [-0.4, -0.2) is 11.7 Å². The molecule has 1 nitrogen and oxygen atoms in total. The first-order valence-corrected chi connectivity index (χ1v) is 4.25. The molecule has 2 heteroatoms. The van der Waals surface area contributed by atoms with Crippen LogP contribution in [0.5, 0.6) is 0 Å². The molecule has 1 aliphatic carbocycles. The molecule has 0 aromatic carbocycles. The molecule has 0 radical (unpaired) electrons. The van der Waals surface area contributed by atoms with Gasteiger partial charge in [0.15, 0.2) is 0 Å². The van der Waals surface area contributed by atoms with E-state index in [2.05, 4.69) is 21.9 Å². The molecule has 0 bridgehead atoms. The minimum atomic E-state index is 0.972. The maximum absolute atomic E-state index is 5.08. The van der Waals surface area contributed by atoms with Crippen LogP contribution in [0.4, 0.5) is 0 Å². The average molecular weight is 176 g/mol. The molecule has 0 amide bonds. The van der Waals surface area contributed by atoms with E-state index in [1.165, 1.54) is 31.3 Å². The second kappa shape index (κ2) is 4.08. The molecule has 0 saturated heterocycles. The Labute approximate surface area is 70.0 Å². The first-order chi connectivity index (χ1) is 4.84. The number of allylic oxidation sites excluding steroid dienone is 1. The third-order valence-corrected chi connectivity index (χ3v) is 2.41. The van der Waals surface area contributed by atoms with Crippen LogP contribution in [0, 0.1) is 0 Å². The summed E-state index contributed by atoms with van der Waals surface area (Å²) in [6.45, 7) is 0. The second-order valence-electron chi connectivity index (χ2n) is 2.47. The SMILES string of the molecule is CO[C](=[Cr])C1=CCCCC1. The fraction of sp³-hybridized carbons (Fsp3) is 0.625. The quantitative estimate of drug-likeness (QED) is 0.623. The third kappa shape index (κ3) is 2.06. The molecule has 0 heterocycles. The summed E-state index contributed by atoms with van der Waals surface area (Å²) in [7, 11) is 1.71. The summed E-state index contributed by atoms with van der Waals surface area (Å²) in [5.41, 5.74) is 1.36. The molecule has 1 aliphatic rings. The van der Waals surface area contributed by atoms with Crippen molar-refractivity contribution in [3.63, 3.8) is 0 Å². The average Bonchev–Trinajstić information content (AvgIpc) is 2.05. The van der Waals surface area contributed by atoms with Crippen LogP contribution >= 0.6 is 0 Å². The normalized spacial score (nSPS) is 18.3. The molecule has 1 rings (SSSR count). The van der Waals surface area contributed by atoms with Crippen LogP contribution in [-0.2, 0) is 20.6 Å². The molecule has 0 aromatic rings. The van der Waals surface area contributed by atoms with Gasteiger partial charge in [-0.3, -0.25) is 0 Å². The Balaban J connectivity index is 2.53. The molecule has 0 fully saturated rings. The second-order valence-corrected chi connectivity index (χ2v) is 3.05. The molecule has 0 aromatic heterocycles. The summed E-state index contributed by atoms with van der Waals surface area (Å²) < 4.78 is 6.05. The van der Waals surface area contributed by atoms with Gasteiger partial charge in [0, 0.05) is 0 Å². The van der Waals surface area contributed by atoms with Crippen molar-refractivity contribution in [2.75, 3.05) is 7.11 Å². The molecule has 56 valence electrons. The van der Waals surface area contributed by atoms with E-state index in [9.17, 15) is 0 Å². The fourth-order valence-corrected chi connectivity index (χ4v) is 1.44. The summed E-state index contributed by atoms with van der Waals surface area (Å²) in [6, 6.07) is 0. The molecule has 0 atom stereocenters. The zero-order valence-electron chi connectivity index (χ0n) is 6.22. The van der Waals surface area contributed by atoms with E-state index < -0.39 is 0 Å². The monoisotopic (exact) mass is 176 g/mol. The van der Waals surface area contributed by atoms with E-state index in [0.29, 0.717) is 0 Å². The first kappa shape index (κ1) is 8.20. The molecule has 0 N–H and O–H groups in total. The minimum absolute atomic E-state index is 0.972. The number of ether oxygens (including phenoxy) is 1. The molecule has 10 heavy (non-hydrogen) atoms. The van der Waals surface area contributed by atoms with Gasteiger partial charge in [0.1, 0.15) is 0 Å². The fourth-order valence-electron chi connectivity index (χ4n) is 1.15. The standard InChI is InChI=1S/C8H12O.Cr/c1-9-7-8-5-3-2-4-6-8;/h5H,2-4,6H2,1H3;. The summed E-state index contributed by atoms with van der Waals surface area (Å²) >= 11 is 2.92. The Hall–Kier alpha value is 0.102. The van der Waals surface area contributed by atoms with Gasteiger partial charge in [0.25, 0.3) is 0 Å². The van der Waals surface area contributed by atoms with Gasteiger partial charge in [-0.05, 0) is 0 Å². The van der Waals surface area contributed by atoms with Crippen molar-refractivity contribution in [1.29, 1.82) is 0 Å². The molecule has 0 unspecified atom stereocenters. The summed E-state index contributed by atoms with van der Waals surface area (Å²) in [5, 5.41) is 0. The van der Waals surface area contributed by atoms with E-state index in [1.54, 1.807) is 7.11 Å². The number of rotatable bonds is 2. The Bertz CT molecular complexity index is 161. The zero-order chi connectivity index (χ0) is 7.40. The summed E-state index contributed by atoms with van der Waals surface area (Å²) in [6.07, 6.45) is 7.29. The number of hydrogen-bond acceptors (Lipinski definition) is 1. The topological polar surface area (TPSA) is 9.23 Å². The van der Waals surface area contributed by atoms with Gasteiger partial charge in [-0.15, -0.1) is 0 Å². The van der Waals surface area contributed by atoms with Crippen molar-refractivity contribution in [1.82, 2.24) is 0 Å². The predicted molar refractivity (Wildman–Crippen MR) is 38.6 cm³/mol. The van der Waals surface area contributed by atoms with Crippen molar-refractivity contribution in [3.05, 3.63) is 11.6 Å². The van der Waals surface area contributed by atoms with Gasteiger partial charge < -0.3 is 0 Å². The van der Waals surface area contributed by atoms with Crippen LogP contribution in [0.3, 0.4) is 0 Å². The Kier molecular flexibility index (Phi) is 3.35. The van der Waals surface area contributed by atoms with E-state index in [-0.39, 0.29) is 0 Å². The van der Waals surface area contributed by atoms with Gasteiger partial charge in [-0.2, -0.15) is 0 Å². The Morgan fingerprint density at radius 2 is 2.40 bits per heavy atom. The maximum atomic E-state index is 5.08. The van der Waals surface area contributed by atoms with Crippen LogP contribution in [0.1, 0.15) is 25.7 Å². The van der Waals surface area contributed by atoms with Gasteiger partial charge >= 0.3 is 69.6 Å². The Morgan fingerprint density at radius 1 is 1.60 bits per heavy atom. The van der Waals surface area contributed by atoms with E-state index >= 15 is 0 Å². The molecule has 0 saturated carbocycles. The van der Waals surface area contributed by atoms with Crippen LogP contribution < -0.4 is 0 Å². The molecule has 0 aliphatic heterocycles. The Morgan fingerprint density at radius 3 is 2.90 bits per heavy atom. The molecular weight excluding hydrogens is 164 g/mol. The molecule has 0 spiro atoms. The number of methoxy groups -OCH3 is 1. The van der Waals surface area contributed by atoms with Gasteiger partial charge in [-0.25, -0.2) is 0 Å². The van der Waals surface area contributed by atoms with Crippen molar-refractivity contribution >= 4 is 4.57 Å². The summed E-state index contributed by atoms with van der Waals surface area (Å²) in [5.74, 6) is 0. The van der Waals surface area contributed by atoms with Gasteiger partial charge in [-0.1, -0.05) is 0 Å².